The smallest absolute Gasteiger partial charge is 0.189 e. The molecule has 0 bridgehead atoms. The Balaban J connectivity index is 2.87. The van der Waals surface area contributed by atoms with E-state index in [0.29, 0.717) is 4.36 Å². The van der Waals surface area contributed by atoms with Crippen LogP contribution in [0.4, 0.5) is 0 Å². The molecule has 0 aromatic carbocycles. The maximum absolute atomic E-state index is 10.8. The zero-order chi connectivity index (χ0) is 7.02. The first-order valence-electron chi connectivity index (χ1n) is 2.39. The average molecular weight is 183 g/mol. The van der Waals surface area contributed by atoms with Crippen LogP contribution in [0.5, 0.6) is 0 Å². The Morgan fingerprint density at radius 3 is 2.22 bits per heavy atom. The highest BCUT2D eigenvalue weighted by atomic mass is 35.5. The van der Waals surface area contributed by atoms with Gasteiger partial charge in [-0.1, -0.05) is 23.2 Å². The van der Waals surface area contributed by atoms with E-state index in [1.807, 2.05) is 0 Å². The molecule has 50 valence electrons. The number of carbonyl (C=O) groups is 1. The van der Waals surface area contributed by atoms with E-state index in [9.17, 15) is 4.79 Å². The fourth-order valence-corrected chi connectivity index (χ4v) is 2.13. The summed E-state index contributed by atoms with van der Waals surface area (Å²) >= 11 is 12.3. The fourth-order valence-electron chi connectivity index (χ4n) is 0.536. The van der Waals surface area contributed by atoms with E-state index in [2.05, 4.69) is 0 Å². The zero-order valence-electron chi connectivity index (χ0n) is 4.65. The van der Waals surface area contributed by atoms with Crippen LogP contribution in [0.1, 0.15) is 6.92 Å². The first-order valence-corrected chi connectivity index (χ1v) is 4.02. The second-order valence-corrected chi connectivity index (χ2v) is 4.04. The molecule has 0 aromatic rings. The van der Waals surface area contributed by atoms with Gasteiger partial charge < -0.3 is 0 Å². The highest BCUT2D eigenvalue weighted by Gasteiger charge is 2.28. The number of halogens is 2. The van der Waals surface area contributed by atoms with Crippen LogP contribution in [0.15, 0.2) is 9.40 Å². The number of carbonyl (C=O) groups excluding carboxylic acids is 1. The summed E-state index contributed by atoms with van der Waals surface area (Å²) in [7, 11) is 0. The molecule has 1 aliphatic heterocycles. The normalized spacial score (nSPS) is 27.9. The van der Waals surface area contributed by atoms with Gasteiger partial charge in [-0.3, -0.25) is 4.79 Å². The molecule has 1 heterocycles. The minimum absolute atomic E-state index is 0.0633. The van der Waals surface area contributed by atoms with Crippen LogP contribution in [-0.2, 0) is 4.79 Å². The van der Waals surface area contributed by atoms with E-state index >= 15 is 0 Å². The minimum Gasteiger partial charge on any atom is -0.292 e. The minimum atomic E-state index is -0.0926. The molecule has 0 radical (unpaired) electrons. The molecule has 0 fully saturated rings. The number of allylic oxidation sites excluding steroid dienone is 1. The summed E-state index contributed by atoms with van der Waals surface area (Å²) in [6.45, 7) is 1.78. The topological polar surface area (TPSA) is 17.1 Å². The lowest BCUT2D eigenvalue weighted by Crippen LogP contribution is -2.06. The lowest BCUT2D eigenvalue weighted by Gasteiger charge is -1.93. The number of hydrogen-bond acceptors (Lipinski definition) is 2. The Hall–Kier alpha value is 0.340. The quantitative estimate of drug-likeness (QED) is 0.573. The maximum Gasteiger partial charge on any atom is 0.189 e. The molecule has 0 spiro atoms. The van der Waals surface area contributed by atoms with Gasteiger partial charge in [-0.25, -0.2) is 0 Å². The van der Waals surface area contributed by atoms with E-state index < -0.39 is 0 Å². The maximum atomic E-state index is 10.8. The van der Waals surface area contributed by atoms with Crippen molar-refractivity contribution in [2.75, 3.05) is 0 Å². The fraction of sp³-hybridized carbons (Fsp3) is 0.400. The van der Waals surface area contributed by atoms with Gasteiger partial charge in [0.25, 0.3) is 0 Å². The van der Waals surface area contributed by atoms with Crippen LogP contribution < -0.4 is 0 Å². The second kappa shape index (κ2) is 2.52. The average Bonchev–Trinajstić information content (AvgIpc) is 1.98. The van der Waals surface area contributed by atoms with Gasteiger partial charge in [-0.2, -0.15) is 0 Å². The second-order valence-electron chi connectivity index (χ2n) is 1.71. The number of ketones is 1. The van der Waals surface area contributed by atoms with Crippen LogP contribution in [0, 0.1) is 0 Å². The van der Waals surface area contributed by atoms with Crippen LogP contribution in [-0.4, -0.2) is 11.0 Å². The Morgan fingerprint density at radius 1 is 1.56 bits per heavy atom. The van der Waals surface area contributed by atoms with Gasteiger partial charge in [0.1, 0.15) is 5.03 Å². The predicted molar refractivity (Wildman–Crippen MR) is 40.8 cm³/mol. The van der Waals surface area contributed by atoms with Crippen molar-refractivity contribution < 1.29 is 4.79 Å². The summed E-state index contributed by atoms with van der Waals surface area (Å²) in [5.41, 5.74) is 0. The largest absolute Gasteiger partial charge is 0.292 e. The highest BCUT2D eigenvalue weighted by Crippen LogP contribution is 2.38. The molecule has 0 saturated carbocycles. The molecule has 1 nitrogen and oxygen atoms in total. The first kappa shape index (κ1) is 7.45. The number of thioether (sulfide) groups is 1. The van der Waals surface area contributed by atoms with Gasteiger partial charge in [0.05, 0.1) is 9.61 Å². The van der Waals surface area contributed by atoms with E-state index in [0.717, 1.165) is 0 Å². The van der Waals surface area contributed by atoms with Crippen LogP contribution >= 0.6 is 35.0 Å². The molecule has 1 rings (SSSR count). The van der Waals surface area contributed by atoms with Crippen molar-refractivity contribution >= 4 is 40.7 Å². The molecular weight excluding hydrogens is 179 g/mol. The summed E-state index contributed by atoms with van der Waals surface area (Å²) in [4.78, 5) is 10.8. The van der Waals surface area contributed by atoms with Crippen molar-refractivity contribution in [2.45, 2.75) is 12.2 Å². The van der Waals surface area contributed by atoms with Crippen molar-refractivity contribution in [3.8, 4) is 0 Å². The van der Waals surface area contributed by atoms with Crippen LogP contribution in [0.3, 0.4) is 0 Å². The van der Waals surface area contributed by atoms with Crippen molar-refractivity contribution in [1.29, 1.82) is 0 Å². The summed E-state index contributed by atoms with van der Waals surface area (Å²) < 4.78 is 0.425. The Bertz CT molecular complexity index is 187. The van der Waals surface area contributed by atoms with Crippen LogP contribution in [0.2, 0.25) is 0 Å². The Morgan fingerprint density at radius 2 is 2.11 bits per heavy atom. The predicted octanol–water partition coefficient (Wildman–Crippen LogP) is 2.34. The first-order chi connectivity index (χ1) is 4.13. The molecule has 0 saturated heterocycles. The molecule has 4 heteroatoms. The van der Waals surface area contributed by atoms with E-state index in [4.69, 9.17) is 23.2 Å². The van der Waals surface area contributed by atoms with Gasteiger partial charge >= 0.3 is 0 Å². The SMILES string of the molecule is CC1SC(Cl)=C(Cl)C1=O. The lowest BCUT2D eigenvalue weighted by atomic mass is 10.3. The van der Waals surface area contributed by atoms with E-state index in [-0.39, 0.29) is 16.1 Å². The molecule has 0 aromatic heterocycles. The van der Waals surface area contributed by atoms with Crippen molar-refractivity contribution in [3.63, 3.8) is 0 Å². The Labute approximate surface area is 67.4 Å². The summed E-state index contributed by atoms with van der Waals surface area (Å²) in [6, 6.07) is 0. The van der Waals surface area contributed by atoms with Crippen LogP contribution in [0.25, 0.3) is 0 Å². The van der Waals surface area contributed by atoms with Gasteiger partial charge in [0.2, 0.25) is 0 Å². The number of hydrogen-bond donors (Lipinski definition) is 0. The molecule has 0 amide bonds. The number of Topliss-reactive ketones (excluding diaryl/α,β-unsaturated/α-hetero) is 1. The van der Waals surface area contributed by atoms with Gasteiger partial charge in [-0.15, -0.1) is 11.8 Å². The van der Waals surface area contributed by atoms with Gasteiger partial charge in [-0.05, 0) is 6.92 Å². The monoisotopic (exact) mass is 182 g/mol. The third-order valence-electron chi connectivity index (χ3n) is 1.04. The summed E-state index contributed by atoms with van der Waals surface area (Å²) in [5.74, 6) is -0.0633. The summed E-state index contributed by atoms with van der Waals surface area (Å²) in [5, 5.41) is 0.0965. The lowest BCUT2D eigenvalue weighted by molar-refractivity contribution is -0.114. The third kappa shape index (κ3) is 1.26. The molecule has 1 atom stereocenters. The van der Waals surface area contributed by atoms with Crippen molar-refractivity contribution in [2.24, 2.45) is 0 Å². The van der Waals surface area contributed by atoms with Gasteiger partial charge in [0.15, 0.2) is 5.78 Å². The standard InChI is InChI=1S/C5H4Cl2OS/c1-2-4(8)3(6)5(7)9-2/h2H,1H3. The molecule has 1 unspecified atom stereocenters. The van der Waals surface area contributed by atoms with E-state index in [1.54, 1.807) is 6.92 Å². The van der Waals surface area contributed by atoms with Crippen molar-refractivity contribution in [1.82, 2.24) is 0 Å². The van der Waals surface area contributed by atoms with Gasteiger partial charge in [0, 0.05) is 0 Å². The molecule has 9 heavy (non-hydrogen) atoms. The zero-order valence-corrected chi connectivity index (χ0v) is 6.98. The molecule has 0 aliphatic carbocycles. The molecular formula is C5H4Cl2OS. The third-order valence-corrected chi connectivity index (χ3v) is 3.06. The number of rotatable bonds is 0. The van der Waals surface area contributed by atoms with E-state index in [1.165, 1.54) is 11.8 Å². The summed E-state index contributed by atoms with van der Waals surface area (Å²) in [6.07, 6.45) is 0. The molecule has 1 aliphatic rings. The highest BCUT2D eigenvalue weighted by molar-refractivity contribution is 8.06. The Kier molecular flexibility index (Phi) is 2.09. The molecule has 0 N–H and O–H groups in total. The van der Waals surface area contributed by atoms with Crippen molar-refractivity contribution in [3.05, 3.63) is 9.40 Å².